The zero-order chi connectivity index (χ0) is 10.4. The molecule has 1 rings (SSSR count). The van der Waals surface area contributed by atoms with E-state index in [1.165, 1.54) is 25.9 Å². The Morgan fingerprint density at radius 2 is 2.14 bits per heavy atom. The second-order valence-electron chi connectivity index (χ2n) is 4.35. The molecule has 2 heteroatoms. The fraction of sp³-hybridized carbons (Fsp3) is 0.833. The van der Waals surface area contributed by atoms with E-state index in [1.807, 2.05) is 0 Å². The van der Waals surface area contributed by atoms with Crippen molar-refractivity contribution in [3.8, 4) is 12.3 Å². The summed E-state index contributed by atoms with van der Waals surface area (Å²) < 4.78 is 0. The Balaban J connectivity index is 2.13. The summed E-state index contributed by atoms with van der Waals surface area (Å²) in [6, 6.07) is 0.364. The third-order valence-corrected chi connectivity index (χ3v) is 3.17. The lowest BCUT2D eigenvalue weighted by atomic mass is 9.91. The van der Waals surface area contributed by atoms with Gasteiger partial charge in [-0.15, -0.1) is 12.3 Å². The number of nitrogens with two attached hydrogens (primary N) is 1. The summed E-state index contributed by atoms with van der Waals surface area (Å²) >= 11 is 0. The Labute approximate surface area is 87.8 Å². The first-order chi connectivity index (χ1) is 6.74. The number of piperidine rings is 1. The van der Waals surface area contributed by atoms with Crippen LogP contribution >= 0.6 is 0 Å². The van der Waals surface area contributed by atoms with E-state index in [-0.39, 0.29) is 0 Å². The van der Waals surface area contributed by atoms with Gasteiger partial charge in [-0.2, -0.15) is 0 Å². The fourth-order valence-corrected chi connectivity index (χ4v) is 2.11. The van der Waals surface area contributed by atoms with Gasteiger partial charge in [-0.3, -0.25) is 0 Å². The molecular weight excluding hydrogens is 172 g/mol. The van der Waals surface area contributed by atoms with Crippen LogP contribution in [-0.4, -0.2) is 30.6 Å². The molecule has 0 radical (unpaired) electrons. The minimum absolute atomic E-state index is 0.364. The van der Waals surface area contributed by atoms with Crippen LogP contribution in [0.25, 0.3) is 0 Å². The van der Waals surface area contributed by atoms with E-state index < -0.39 is 0 Å². The summed E-state index contributed by atoms with van der Waals surface area (Å²) in [5, 5.41) is 0. The van der Waals surface area contributed by atoms with Crippen molar-refractivity contribution in [1.82, 2.24) is 4.90 Å². The van der Waals surface area contributed by atoms with Crippen LogP contribution in [0.15, 0.2) is 0 Å². The van der Waals surface area contributed by atoms with Crippen LogP contribution in [0.4, 0.5) is 0 Å². The van der Waals surface area contributed by atoms with Crippen molar-refractivity contribution in [3.63, 3.8) is 0 Å². The Morgan fingerprint density at radius 3 is 2.64 bits per heavy atom. The van der Waals surface area contributed by atoms with Gasteiger partial charge in [-0.05, 0) is 51.7 Å². The number of terminal acetylenes is 1. The van der Waals surface area contributed by atoms with E-state index in [0.29, 0.717) is 6.04 Å². The standard InChI is InChI=1S/C12H22N2/c1-3-4-5-8-14-9-6-12(7-10-14)11(2)13/h1,11-12H,4-10,13H2,2H3. The van der Waals surface area contributed by atoms with Crippen molar-refractivity contribution in [2.45, 2.75) is 38.6 Å². The van der Waals surface area contributed by atoms with E-state index in [9.17, 15) is 0 Å². The average molecular weight is 194 g/mol. The molecule has 1 heterocycles. The molecule has 0 amide bonds. The molecule has 1 fully saturated rings. The van der Waals surface area contributed by atoms with Gasteiger partial charge in [-0.1, -0.05) is 0 Å². The third-order valence-electron chi connectivity index (χ3n) is 3.17. The van der Waals surface area contributed by atoms with Gasteiger partial charge in [0.2, 0.25) is 0 Å². The van der Waals surface area contributed by atoms with Crippen molar-refractivity contribution in [1.29, 1.82) is 0 Å². The summed E-state index contributed by atoms with van der Waals surface area (Å²) in [6.07, 6.45) is 9.78. The molecular formula is C12H22N2. The smallest absolute Gasteiger partial charge is 0.00982 e. The zero-order valence-electron chi connectivity index (χ0n) is 9.21. The van der Waals surface area contributed by atoms with Gasteiger partial charge >= 0.3 is 0 Å². The summed E-state index contributed by atoms with van der Waals surface area (Å²) in [5.74, 6) is 3.42. The molecule has 1 aliphatic rings. The molecule has 1 unspecified atom stereocenters. The Bertz CT molecular complexity index is 185. The van der Waals surface area contributed by atoms with Crippen LogP contribution in [0, 0.1) is 18.3 Å². The number of rotatable bonds is 4. The minimum atomic E-state index is 0.364. The second kappa shape index (κ2) is 6.06. The zero-order valence-corrected chi connectivity index (χ0v) is 9.21. The Kier molecular flexibility index (Phi) is 5.00. The molecule has 0 aromatic rings. The summed E-state index contributed by atoms with van der Waals surface area (Å²) in [5.41, 5.74) is 5.89. The van der Waals surface area contributed by atoms with Crippen LogP contribution in [0.2, 0.25) is 0 Å². The molecule has 0 aliphatic carbocycles. The van der Waals surface area contributed by atoms with E-state index >= 15 is 0 Å². The maximum atomic E-state index is 5.89. The highest BCUT2D eigenvalue weighted by molar-refractivity contribution is 4.84. The van der Waals surface area contributed by atoms with Crippen LogP contribution in [0.3, 0.4) is 0 Å². The molecule has 0 saturated carbocycles. The molecule has 80 valence electrons. The predicted molar refractivity (Wildman–Crippen MR) is 60.9 cm³/mol. The monoisotopic (exact) mass is 194 g/mol. The molecule has 2 nitrogen and oxygen atoms in total. The second-order valence-corrected chi connectivity index (χ2v) is 4.35. The van der Waals surface area contributed by atoms with Gasteiger partial charge in [-0.25, -0.2) is 0 Å². The van der Waals surface area contributed by atoms with Crippen molar-refractivity contribution in [2.75, 3.05) is 19.6 Å². The molecule has 0 bridgehead atoms. The first kappa shape index (κ1) is 11.6. The van der Waals surface area contributed by atoms with Crippen LogP contribution in [-0.2, 0) is 0 Å². The molecule has 14 heavy (non-hydrogen) atoms. The number of likely N-dealkylation sites (tertiary alicyclic amines) is 1. The number of unbranched alkanes of at least 4 members (excludes halogenated alkanes) is 1. The number of hydrogen-bond acceptors (Lipinski definition) is 2. The lowest BCUT2D eigenvalue weighted by Gasteiger charge is -2.33. The molecule has 1 saturated heterocycles. The first-order valence-electron chi connectivity index (χ1n) is 5.65. The van der Waals surface area contributed by atoms with E-state index in [0.717, 1.165) is 25.3 Å². The lowest BCUT2D eigenvalue weighted by molar-refractivity contribution is 0.171. The van der Waals surface area contributed by atoms with Gasteiger partial charge in [0, 0.05) is 12.5 Å². The Hall–Kier alpha value is -0.520. The van der Waals surface area contributed by atoms with Crippen molar-refractivity contribution < 1.29 is 0 Å². The maximum Gasteiger partial charge on any atom is 0.00982 e. The van der Waals surface area contributed by atoms with E-state index in [1.54, 1.807) is 0 Å². The van der Waals surface area contributed by atoms with Gasteiger partial charge in [0.15, 0.2) is 0 Å². The molecule has 1 aliphatic heterocycles. The summed E-state index contributed by atoms with van der Waals surface area (Å²) in [6.45, 7) is 5.70. The van der Waals surface area contributed by atoms with Gasteiger partial charge in [0.05, 0.1) is 0 Å². The topological polar surface area (TPSA) is 29.3 Å². The van der Waals surface area contributed by atoms with E-state index in [4.69, 9.17) is 12.2 Å². The van der Waals surface area contributed by atoms with Gasteiger partial charge < -0.3 is 10.6 Å². The highest BCUT2D eigenvalue weighted by Crippen LogP contribution is 2.19. The highest BCUT2D eigenvalue weighted by atomic mass is 15.1. The number of nitrogens with zero attached hydrogens (tertiary/aromatic N) is 1. The summed E-state index contributed by atoms with van der Waals surface area (Å²) in [4.78, 5) is 2.51. The van der Waals surface area contributed by atoms with Gasteiger partial charge in [0.1, 0.15) is 0 Å². The van der Waals surface area contributed by atoms with Crippen molar-refractivity contribution in [2.24, 2.45) is 11.7 Å². The quantitative estimate of drug-likeness (QED) is 0.542. The first-order valence-corrected chi connectivity index (χ1v) is 5.65. The predicted octanol–water partition coefficient (Wildman–Crippen LogP) is 1.46. The average Bonchev–Trinajstić information content (AvgIpc) is 2.19. The normalized spacial score (nSPS) is 21.8. The van der Waals surface area contributed by atoms with Crippen molar-refractivity contribution >= 4 is 0 Å². The molecule has 0 aromatic heterocycles. The van der Waals surface area contributed by atoms with Crippen LogP contribution in [0.1, 0.15) is 32.6 Å². The highest BCUT2D eigenvalue weighted by Gasteiger charge is 2.20. The molecule has 2 N–H and O–H groups in total. The van der Waals surface area contributed by atoms with Gasteiger partial charge in [0.25, 0.3) is 0 Å². The molecule has 1 atom stereocenters. The molecule has 0 spiro atoms. The third kappa shape index (κ3) is 3.69. The Morgan fingerprint density at radius 1 is 1.50 bits per heavy atom. The summed E-state index contributed by atoms with van der Waals surface area (Å²) in [7, 11) is 0. The number of hydrogen-bond donors (Lipinski definition) is 1. The van der Waals surface area contributed by atoms with Crippen LogP contribution in [0.5, 0.6) is 0 Å². The fourth-order valence-electron chi connectivity index (χ4n) is 2.11. The SMILES string of the molecule is C#CCCCN1CCC(C(C)N)CC1. The van der Waals surface area contributed by atoms with Crippen LogP contribution < -0.4 is 5.73 Å². The van der Waals surface area contributed by atoms with Crippen molar-refractivity contribution in [3.05, 3.63) is 0 Å². The lowest BCUT2D eigenvalue weighted by Crippen LogP contribution is -2.39. The van der Waals surface area contributed by atoms with E-state index in [2.05, 4.69) is 17.7 Å². The largest absolute Gasteiger partial charge is 0.328 e. The maximum absolute atomic E-state index is 5.89. The molecule has 0 aromatic carbocycles. The minimum Gasteiger partial charge on any atom is -0.328 e.